The summed E-state index contributed by atoms with van der Waals surface area (Å²) in [4.78, 5) is 55.7. The van der Waals surface area contributed by atoms with E-state index in [-0.39, 0.29) is 62.8 Å². The Hall–Kier alpha value is -8.04. The monoisotopic (exact) mass is 1210 g/mol. The average Bonchev–Trinajstić information content (AvgIpc) is 2.08. The molecule has 4 aromatic carbocycles. The van der Waals surface area contributed by atoms with E-state index >= 15 is 0 Å². The number of benzene rings is 4. The summed E-state index contributed by atoms with van der Waals surface area (Å²) in [5.41, 5.74) is 7.53. The molecule has 3 amide bonds. The van der Waals surface area contributed by atoms with Gasteiger partial charge in [-0.2, -0.15) is 20.4 Å². The molecule has 6 heterocycles. The fourth-order valence-electron chi connectivity index (χ4n) is 9.11. The molecular weight excluding hydrogens is 1150 g/mol. The van der Waals surface area contributed by atoms with Gasteiger partial charge in [0.2, 0.25) is 5.91 Å². The number of methoxy groups -OCH3 is 2. The van der Waals surface area contributed by atoms with Crippen molar-refractivity contribution in [1.82, 2.24) is 53.8 Å². The number of amides is 3. The largest absolute Gasteiger partial charge is 0.496 e. The highest BCUT2D eigenvalue weighted by Gasteiger charge is 2.37. The lowest BCUT2D eigenvalue weighted by Gasteiger charge is -2.31. The van der Waals surface area contributed by atoms with Gasteiger partial charge in [0.1, 0.15) is 49.3 Å². The standard InChI is InChI=1S/C30H32Cl2N6O4.C28H27Cl2N5O5.CH4/c1-30(2,3)36(6)29(40)27-23-16-42-25-12-24(41-7)21(17-13-33-37(14-17)15-26(39)35(4)5)11-22(25)28(23)38(34-27)20-9-18(31)8-19(32)10-20;1-28(2,3)33(4)27(38)25-21-14-40-23-10-22(39-5)19(15-11-31-34(12-15)13-24(36)37)9-20(23)26(21)35(32-25)18-7-16(29)6-17(30)8-18;/h8-14H,15-16H2,1-7H3;6-12H,13-14H2,1-5H3,(H,36,37);1H4. The Morgan fingerprint density at radius 2 is 0.952 bits per heavy atom. The maximum Gasteiger partial charge on any atom is 0.325 e. The molecule has 0 radical (unpaired) electrons. The van der Waals surface area contributed by atoms with Crippen LogP contribution in [-0.2, 0) is 35.9 Å². The molecular formula is C59H63Cl4N11O9. The van der Waals surface area contributed by atoms with Gasteiger partial charge in [-0.05, 0) is 90.1 Å². The molecule has 0 bridgehead atoms. The number of nitrogens with zero attached hydrogens (tertiary/aromatic N) is 11. The number of carboxylic acid groups (broad SMARTS) is 1. The minimum atomic E-state index is -1.01. The second-order valence-electron chi connectivity index (χ2n) is 21.7. The van der Waals surface area contributed by atoms with Crippen LogP contribution in [0.3, 0.4) is 0 Å². The predicted molar refractivity (Wildman–Crippen MR) is 319 cm³/mol. The van der Waals surface area contributed by atoms with Crippen LogP contribution in [0.15, 0.2) is 85.5 Å². The average molecular weight is 1210 g/mol. The molecule has 4 aromatic heterocycles. The lowest BCUT2D eigenvalue weighted by Crippen LogP contribution is -2.43. The minimum absolute atomic E-state index is 0. The Kier molecular flexibility index (Phi) is 17.4. The number of likely N-dealkylation sites (N-methyl/N-ethyl adjacent to an activating group) is 1. The molecule has 1 N–H and O–H groups in total. The molecule has 2 aliphatic rings. The van der Waals surface area contributed by atoms with Gasteiger partial charge in [-0.3, -0.25) is 28.5 Å². The third kappa shape index (κ3) is 12.4. The summed E-state index contributed by atoms with van der Waals surface area (Å²) in [5, 5.41) is 29.0. The Morgan fingerprint density at radius 1 is 0.578 bits per heavy atom. The summed E-state index contributed by atoms with van der Waals surface area (Å²) in [6, 6.07) is 17.5. The van der Waals surface area contributed by atoms with E-state index in [1.54, 1.807) is 140 Å². The Bertz CT molecular complexity index is 3810. The SMILES string of the molecule is C.COc1cc2c(cc1-c1cnn(CC(=O)N(C)C)c1)-c1c(c(C(=O)N(C)C(C)(C)C)nn1-c1cc(Cl)cc(Cl)c1)CO2.COc1cc2c(cc1-c1cnn(CC(=O)O)c1)-c1c(c(C(=O)N(C)C(C)(C)C)nn1-c1cc(Cl)cc(Cl)c1)CO2. The van der Waals surface area contributed by atoms with Gasteiger partial charge >= 0.3 is 5.97 Å². The molecule has 0 aliphatic carbocycles. The Morgan fingerprint density at radius 3 is 1.29 bits per heavy atom. The predicted octanol–water partition coefficient (Wildman–Crippen LogP) is 11.8. The summed E-state index contributed by atoms with van der Waals surface area (Å²) in [6.45, 7) is 11.8. The molecule has 0 atom stereocenters. The molecule has 0 saturated heterocycles. The van der Waals surface area contributed by atoms with Crippen molar-refractivity contribution < 1.29 is 43.2 Å². The van der Waals surface area contributed by atoms with Crippen LogP contribution in [0.25, 0.3) is 56.1 Å². The zero-order valence-electron chi connectivity index (χ0n) is 47.1. The van der Waals surface area contributed by atoms with Gasteiger partial charge in [0, 0.05) is 128 Å². The van der Waals surface area contributed by atoms with Crippen LogP contribution in [0, 0.1) is 0 Å². The second kappa shape index (κ2) is 23.7. The number of halogens is 4. The molecule has 83 heavy (non-hydrogen) atoms. The lowest BCUT2D eigenvalue weighted by molar-refractivity contribution is -0.138. The molecule has 0 fully saturated rings. The summed E-state index contributed by atoms with van der Waals surface area (Å²) >= 11 is 25.5. The number of rotatable bonds is 12. The van der Waals surface area contributed by atoms with E-state index in [0.29, 0.717) is 99.2 Å². The Labute approximate surface area is 500 Å². The summed E-state index contributed by atoms with van der Waals surface area (Å²) < 4.78 is 30.0. The molecule has 0 saturated carbocycles. The fourth-order valence-corrected chi connectivity index (χ4v) is 10.1. The third-order valence-electron chi connectivity index (χ3n) is 14.0. The first-order valence-electron chi connectivity index (χ1n) is 25.6. The molecule has 8 aromatic rings. The van der Waals surface area contributed by atoms with Crippen LogP contribution >= 0.6 is 46.4 Å². The maximum atomic E-state index is 13.8. The van der Waals surface area contributed by atoms with Crippen LogP contribution in [-0.4, -0.2) is 136 Å². The van der Waals surface area contributed by atoms with Crippen molar-refractivity contribution in [2.45, 2.75) is 86.4 Å². The van der Waals surface area contributed by atoms with E-state index in [4.69, 9.17) is 80.7 Å². The number of carbonyl (C=O) groups excluding carboxylic acids is 3. The molecule has 20 nitrogen and oxygen atoms in total. The quantitative estimate of drug-likeness (QED) is 0.121. The van der Waals surface area contributed by atoms with Crippen molar-refractivity contribution in [3.8, 4) is 79.1 Å². The number of fused-ring (bicyclic) bond motifs is 6. The van der Waals surface area contributed by atoms with E-state index in [1.807, 2.05) is 53.7 Å². The zero-order chi connectivity index (χ0) is 59.4. The fraction of sp³-hybridized carbons (Fsp3) is 0.322. The number of carboxylic acids is 1. The molecule has 436 valence electrons. The van der Waals surface area contributed by atoms with Crippen LogP contribution < -0.4 is 18.9 Å². The van der Waals surface area contributed by atoms with Crippen molar-refractivity contribution in [3.63, 3.8) is 0 Å². The van der Waals surface area contributed by atoms with Crippen molar-refractivity contribution >= 4 is 70.1 Å². The first-order valence-corrected chi connectivity index (χ1v) is 27.1. The topological polar surface area (TPSA) is 206 Å². The van der Waals surface area contributed by atoms with Crippen LogP contribution in [0.4, 0.5) is 0 Å². The maximum absolute atomic E-state index is 13.8. The molecule has 0 unspecified atom stereocenters. The van der Waals surface area contributed by atoms with Gasteiger partial charge < -0.3 is 38.8 Å². The van der Waals surface area contributed by atoms with Gasteiger partial charge in [0.15, 0.2) is 11.4 Å². The second-order valence-corrected chi connectivity index (χ2v) is 23.5. The van der Waals surface area contributed by atoms with Crippen LogP contribution in [0.2, 0.25) is 20.1 Å². The van der Waals surface area contributed by atoms with Crippen LogP contribution in [0.5, 0.6) is 23.0 Å². The van der Waals surface area contributed by atoms with Crippen molar-refractivity contribution in [2.75, 3.05) is 42.4 Å². The van der Waals surface area contributed by atoms with E-state index < -0.39 is 17.0 Å². The van der Waals surface area contributed by atoms with E-state index in [2.05, 4.69) is 10.2 Å². The van der Waals surface area contributed by atoms with Gasteiger partial charge in [-0.1, -0.05) is 53.8 Å². The summed E-state index contributed by atoms with van der Waals surface area (Å²) in [6.07, 6.45) is 6.67. The normalized spacial score (nSPS) is 12.2. The number of aliphatic carboxylic acids is 1. The van der Waals surface area contributed by atoms with Crippen molar-refractivity contribution in [1.29, 1.82) is 0 Å². The van der Waals surface area contributed by atoms with Crippen LogP contribution in [0.1, 0.15) is 81.1 Å². The highest BCUT2D eigenvalue weighted by molar-refractivity contribution is 6.35. The smallest absolute Gasteiger partial charge is 0.325 e. The number of aromatic nitrogens is 8. The first-order chi connectivity index (χ1) is 38.6. The molecule has 10 rings (SSSR count). The van der Waals surface area contributed by atoms with Gasteiger partial charge in [0.25, 0.3) is 11.8 Å². The minimum Gasteiger partial charge on any atom is -0.496 e. The van der Waals surface area contributed by atoms with Gasteiger partial charge in [-0.15, -0.1) is 0 Å². The third-order valence-corrected chi connectivity index (χ3v) is 14.9. The summed E-state index contributed by atoms with van der Waals surface area (Å²) in [7, 11) is 10.0. The van der Waals surface area contributed by atoms with E-state index in [1.165, 1.54) is 9.58 Å². The molecule has 24 heteroatoms. The summed E-state index contributed by atoms with van der Waals surface area (Å²) in [5.74, 6) is 0.589. The van der Waals surface area contributed by atoms with Crippen molar-refractivity contribution in [2.24, 2.45) is 0 Å². The zero-order valence-corrected chi connectivity index (χ0v) is 50.1. The van der Waals surface area contributed by atoms with E-state index in [9.17, 15) is 19.2 Å². The lowest BCUT2D eigenvalue weighted by atomic mass is 9.96. The number of hydrogen-bond acceptors (Lipinski definition) is 12. The van der Waals surface area contributed by atoms with Gasteiger partial charge in [0.05, 0.1) is 49.4 Å². The Balaban J connectivity index is 0.000000215. The number of hydrogen-bond donors (Lipinski definition) is 1. The van der Waals surface area contributed by atoms with E-state index in [0.717, 1.165) is 11.1 Å². The highest BCUT2D eigenvalue weighted by Crippen LogP contribution is 2.48. The number of carbonyl (C=O) groups is 4. The van der Waals surface area contributed by atoms with Gasteiger partial charge in [-0.25, -0.2) is 9.36 Å². The first kappa shape index (κ1) is 61.0. The molecule has 0 spiro atoms. The highest BCUT2D eigenvalue weighted by atomic mass is 35.5. The molecule has 2 aliphatic heterocycles. The number of ether oxygens (including phenoxy) is 4. The van der Waals surface area contributed by atoms with Crippen molar-refractivity contribution in [3.05, 3.63) is 128 Å².